The van der Waals surface area contributed by atoms with E-state index in [1.165, 1.54) is 37.4 Å². The molecule has 0 spiro atoms. The molecule has 0 aliphatic carbocycles. The Bertz CT molecular complexity index is 692. The van der Waals surface area contributed by atoms with Crippen LogP contribution in [-0.2, 0) is 4.79 Å². The van der Waals surface area contributed by atoms with Crippen LogP contribution in [0, 0.1) is 0 Å². The second-order valence-corrected chi connectivity index (χ2v) is 4.55. The third kappa shape index (κ3) is 4.45. The number of carbonyl (C=O) groups is 2. The number of nitrogens with one attached hydrogen (secondary N) is 2. The predicted octanol–water partition coefficient (Wildman–Crippen LogP) is 2.11. The molecule has 6 heteroatoms. The highest BCUT2D eigenvalue weighted by Gasteiger charge is 2.03. The van der Waals surface area contributed by atoms with E-state index in [9.17, 15) is 9.59 Å². The lowest BCUT2D eigenvalue weighted by Gasteiger charge is -2.02. The van der Waals surface area contributed by atoms with Crippen LogP contribution in [0.25, 0.3) is 0 Å². The van der Waals surface area contributed by atoms with E-state index in [0.29, 0.717) is 11.3 Å². The molecule has 0 saturated heterocycles. The molecule has 0 aliphatic rings. The number of phenolic OH excluding ortho intramolecular Hbond substituents is 1. The number of nitrogens with zero attached hydrogens (tertiary/aromatic N) is 1. The Morgan fingerprint density at radius 3 is 2.27 bits per heavy atom. The molecule has 0 saturated carbocycles. The van der Waals surface area contributed by atoms with Gasteiger partial charge < -0.3 is 10.4 Å². The molecule has 0 fully saturated rings. The van der Waals surface area contributed by atoms with Crippen LogP contribution in [0.15, 0.2) is 53.6 Å². The number of amides is 2. The third-order valence-corrected chi connectivity index (χ3v) is 2.74. The number of anilines is 1. The summed E-state index contributed by atoms with van der Waals surface area (Å²) in [6, 6.07) is 12.9. The van der Waals surface area contributed by atoms with Crippen molar-refractivity contribution < 1.29 is 14.7 Å². The zero-order valence-corrected chi connectivity index (χ0v) is 11.9. The first kappa shape index (κ1) is 15.2. The van der Waals surface area contributed by atoms with Crippen LogP contribution in [-0.4, -0.2) is 23.1 Å². The summed E-state index contributed by atoms with van der Waals surface area (Å²) >= 11 is 0. The Kier molecular flexibility index (Phi) is 4.87. The van der Waals surface area contributed by atoms with Crippen molar-refractivity contribution in [2.45, 2.75) is 6.92 Å². The number of rotatable bonds is 4. The highest BCUT2D eigenvalue weighted by molar-refractivity contribution is 5.95. The van der Waals surface area contributed by atoms with Crippen LogP contribution in [0.2, 0.25) is 0 Å². The van der Waals surface area contributed by atoms with Crippen LogP contribution in [0.5, 0.6) is 5.75 Å². The number of hydrogen-bond acceptors (Lipinski definition) is 4. The van der Waals surface area contributed by atoms with Gasteiger partial charge in [-0.05, 0) is 42.0 Å². The third-order valence-electron chi connectivity index (χ3n) is 2.74. The lowest BCUT2D eigenvalue weighted by Crippen LogP contribution is -2.17. The van der Waals surface area contributed by atoms with Gasteiger partial charge in [0, 0.05) is 18.2 Å². The second-order valence-electron chi connectivity index (χ2n) is 4.55. The number of benzene rings is 2. The average molecular weight is 297 g/mol. The van der Waals surface area contributed by atoms with E-state index in [4.69, 9.17) is 5.11 Å². The van der Waals surface area contributed by atoms with E-state index < -0.39 is 0 Å². The lowest BCUT2D eigenvalue weighted by atomic mass is 10.2. The van der Waals surface area contributed by atoms with Gasteiger partial charge in [-0.15, -0.1) is 0 Å². The first-order chi connectivity index (χ1) is 10.5. The van der Waals surface area contributed by atoms with E-state index in [2.05, 4.69) is 15.8 Å². The van der Waals surface area contributed by atoms with E-state index >= 15 is 0 Å². The van der Waals surface area contributed by atoms with Crippen molar-refractivity contribution in [1.82, 2.24) is 5.43 Å². The molecule has 2 amide bonds. The van der Waals surface area contributed by atoms with E-state index in [1.807, 2.05) is 0 Å². The van der Waals surface area contributed by atoms with Crippen molar-refractivity contribution in [2.24, 2.45) is 5.10 Å². The first-order valence-electron chi connectivity index (χ1n) is 6.55. The van der Waals surface area contributed by atoms with Crippen molar-refractivity contribution in [3.8, 4) is 5.75 Å². The number of phenols is 1. The summed E-state index contributed by atoms with van der Waals surface area (Å²) in [4.78, 5) is 22.7. The van der Waals surface area contributed by atoms with E-state index in [0.717, 1.165) is 5.56 Å². The SMILES string of the molecule is CC(=O)Nc1ccc(C=NNC(=O)c2ccc(O)cc2)cc1. The molecule has 6 nitrogen and oxygen atoms in total. The molecule has 0 radical (unpaired) electrons. The summed E-state index contributed by atoms with van der Waals surface area (Å²) in [5, 5.41) is 15.7. The quantitative estimate of drug-likeness (QED) is 0.596. The summed E-state index contributed by atoms with van der Waals surface area (Å²) in [5.41, 5.74) is 4.26. The van der Waals surface area contributed by atoms with Gasteiger partial charge in [-0.1, -0.05) is 12.1 Å². The Balaban J connectivity index is 1.93. The largest absolute Gasteiger partial charge is 0.508 e. The van der Waals surface area contributed by atoms with Crippen molar-refractivity contribution in [3.05, 3.63) is 59.7 Å². The Morgan fingerprint density at radius 1 is 1.05 bits per heavy atom. The normalized spacial score (nSPS) is 10.4. The van der Waals surface area contributed by atoms with Crippen LogP contribution in [0.1, 0.15) is 22.8 Å². The van der Waals surface area contributed by atoms with Crippen molar-refractivity contribution in [1.29, 1.82) is 0 Å². The molecule has 112 valence electrons. The molecular weight excluding hydrogens is 282 g/mol. The summed E-state index contributed by atoms with van der Waals surface area (Å²) in [6.07, 6.45) is 1.50. The highest BCUT2D eigenvalue weighted by atomic mass is 16.3. The van der Waals surface area contributed by atoms with Crippen molar-refractivity contribution in [3.63, 3.8) is 0 Å². The smallest absolute Gasteiger partial charge is 0.271 e. The molecule has 0 bridgehead atoms. The van der Waals surface area contributed by atoms with Gasteiger partial charge in [0.05, 0.1) is 6.21 Å². The molecule has 22 heavy (non-hydrogen) atoms. The molecule has 0 heterocycles. The van der Waals surface area contributed by atoms with Gasteiger partial charge in [-0.25, -0.2) is 5.43 Å². The van der Waals surface area contributed by atoms with Crippen LogP contribution in [0.4, 0.5) is 5.69 Å². The molecular formula is C16H15N3O3. The summed E-state index contributed by atoms with van der Waals surface area (Å²) in [7, 11) is 0. The molecule has 2 rings (SSSR count). The van der Waals surface area contributed by atoms with Gasteiger partial charge in [0.1, 0.15) is 5.75 Å². The van der Waals surface area contributed by atoms with Crippen LogP contribution in [0.3, 0.4) is 0 Å². The molecule has 2 aromatic carbocycles. The zero-order chi connectivity index (χ0) is 15.9. The van der Waals surface area contributed by atoms with Gasteiger partial charge in [0.2, 0.25) is 5.91 Å². The summed E-state index contributed by atoms with van der Waals surface area (Å²) < 4.78 is 0. The molecule has 2 aromatic rings. The van der Waals surface area contributed by atoms with Crippen molar-refractivity contribution in [2.75, 3.05) is 5.32 Å². The van der Waals surface area contributed by atoms with Gasteiger partial charge in [-0.2, -0.15) is 5.10 Å². The molecule has 0 aliphatic heterocycles. The van der Waals surface area contributed by atoms with Crippen LogP contribution >= 0.6 is 0 Å². The number of carbonyl (C=O) groups excluding carboxylic acids is 2. The predicted molar refractivity (Wildman–Crippen MR) is 83.9 cm³/mol. The molecule has 0 atom stereocenters. The van der Waals surface area contributed by atoms with E-state index in [1.54, 1.807) is 24.3 Å². The minimum absolute atomic E-state index is 0.0966. The van der Waals surface area contributed by atoms with E-state index in [-0.39, 0.29) is 17.6 Å². The molecule has 0 aromatic heterocycles. The monoisotopic (exact) mass is 297 g/mol. The Labute approximate surface area is 127 Å². The van der Waals surface area contributed by atoms with Gasteiger partial charge in [0.25, 0.3) is 5.91 Å². The number of aromatic hydroxyl groups is 1. The fourth-order valence-corrected chi connectivity index (χ4v) is 1.70. The maximum atomic E-state index is 11.8. The topological polar surface area (TPSA) is 90.8 Å². The zero-order valence-electron chi connectivity index (χ0n) is 11.9. The number of hydrogen-bond donors (Lipinski definition) is 3. The highest BCUT2D eigenvalue weighted by Crippen LogP contribution is 2.10. The minimum atomic E-state index is -0.369. The molecule has 3 N–H and O–H groups in total. The van der Waals surface area contributed by atoms with Crippen molar-refractivity contribution >= 4 is 23.7 Å². The maximum absolute atomic E-state index is 11.8. The Morgan fingerprint density at radius 2 is 1.68 bits per heavy atom. The number of hydrazone groups is 1. The lowest BCUT2D eigenvalue weighted by molar-refractivity contribution is -0.114. The van der Waals surface area contributed by atoms with Gasteiger partial charge in [-0.3, -0.25) is 9.59 Å². The first-order valence-corrected chi connectivity index (χ1v) is 6.55. The minimum Gasteiger partial charge on any atom is -0.508 e. The second kappa shape index (κ2) is 7.03. The fourth-order valence-electron chi connectivity index (χ4n) is 1.70. The van der Waals surface area contributed by atoms with Gasteiger partial charge >= 0.3 is 0 Å². The average Bonchev–Trinajstić information content (AvgIpc) is 2.49. The summed E-state index contributed by atoms with van der Waals surface area (Å²) in [5.74, 6) is -0.409. The fraction of sp³-hybridized carbons (Fsp3) is 0.0625. The maximum Gasteiger partial charge on any atom is 0.271 e. The van der Waals surface area contributed by atoms with Crippen LogP contribution < -0.4 is 10.7 Å². The van der Waals surface area contributed by atoms with Gasteiger partial charge in [0.15, 0.2) is 0 Å². The summed E-state index contributed by atoms with van der Waals surface area (Å²) in [6.45, 7) is 1.44. The standard InChI is InChI=1S/C16H15N3O3/c1-11(20)18-14-6-2-12(3-7-14)10-17-19-16(22)13-4-8-15(21)9-5-13/h2-10,21H,1H3,(H,18,20)(H,19,22). The molecule has 0 unspecified atom stereocenters. The Hall–Kier alpha value is -3.15.